The summed E-state index contributed by atoms with van der Waals surface area (Å²) in [6, 6.07) is 2.86. The predicted molar refractivity (Wildman–Crippen MR) is 104 cm³/mol. The molecule has 1 aliphatic heterocycles. The van der Waals surface area contributed by atoms with Crippen LogP contribution in [0.2, 0.25) is 5.02 Å². The maximum Gasteiger partial charge on any atom is 0.253 e. The van der Waals surface area contributed by atoms with Gasteiger partial charge in [0, 0.05) is 61.3 Å². The van der Waals surface area contributed by atoms with Crippen LogP contribution in [0.15, 0.2) is 30.6 Å². The monoisotopic (exact) mass is 416 g/mol. The Balaban J connectivity index is 1.84. The van der Waals surface area contributed by atoms with Crippen molar-refractivity contribution in [3.63, 3.8) is 0 Å². The minimum Gasteiger partial charge on any atom is -0.338 e. The van der Waals surface area contributed by atoms with Crippen molar-refractivity contribution in [2.75, 3.05) is 19.5 Å². The third-order valence-corrected chi connectivity index (χ3v) is 4.30. The number of aryl methyl sites for hydroxylation is 1. The van der Waals surface area contributed by atoms with E-state index >= 15 is 4.39 Å². The molecule has 0 saturated carbocycles. The molecule has 1 amide bonds. The summed E-state index contributed by atoms with van der Waals surface area (Å²) in [5.74, 6) is -1.91. The maximum atomic E-state index is 16.2. The van der Waals surface area contributed by atoms with Crippen molar-refractivity contribution in [3.8, 4) is 0 Å². The summed E-state index contributed by atoms with van der Waals surface area (Å²) in [5.41, 5.74) is -3.52. The summed E-state index contributed by atoms with van der Waals surface area (Å²) >= 11 is 5.68. The molecule has 1 aromatic heterocycles. The second-order valence-electron chi connectivity index (χ2n) is 5.99. The summed E-state index contributed by atoms with van der Waals surface area (Å²) < 4.78 is 94.4. The number of aromatic nitrogens is 2. The van der Waals surface area contributed by atoms with Gasteiger partial charge in [-0.15, -0.1) is 0 Å². The lowest BCUT2D eigenvalue weighted by Crippen LogP contribution is -2.48. The summed E-state index contributed by atoms with van der Waals surface area (Å²) in [6.07, 6.45) is -3.79. The number of carbonyl (C=O) groups excluding carboxylic acids is 1. The van der Waals surface area contributed by atoms with Crippen LogP contribution in [-0.2, 0) is 12.9 Å². The number of nitrogens with one attached hydrogen (secondary N) is 1. The first kappa shape index (κ1) is 12.4. The quantitative estimate of drug-likeness (QED) is 0.782. The molecule has 0 spiro atoms. The van der Waals surface area contributed by atoms with Crippen LogP contribution in [0.1, 0.15) is 52.4 Å². The molecular formula is C20H23ClF2N4O. The van der Waals surface area contributed by atoms with Crippen LogP contribution in [0.4, 0.5) is 8.78 Å². The first-order chi connectivity index (χ1) is 16.3. The lowest BCUT2D eigenvalue weighted by Gasteiger charge is -2.36. The minimum atomic E-state index is -3.54. The Hall–Kier alpha value is -2.12. The number of alkyl halides is 1. The van der Waals surface area contributed by atoms with Crippen LogP contribution in [0.25, 0.3) is 0 Å². The zero-order chi connectivity index (χ0) is 27.3. The fourth-order valence-electron chi connectivity index (χ4n) is 2.41. The number of hydrogen-bond donors (Lipinski definition) is 1. The van der Waals surface area contributed by atoms with Crippen LogP contribution >= 0.6 is 11.6 Å². The Morgan fingerprint density at radius 1 is 1.46 bits per heavy atom. The summed E-state index contributed by atoms with van der Waals surface area (Å²) in [5, 5.41) is 1.79. The second-order valence-corrected chi connectivity index (χ2v) is 6.40. The van der Waals surface area contributed by atoms with Crippen molar-refractivity contribution in [3.05, 3.63) is 58.4 Å². The minimum absolute atomic E-state index is 0.0279. The molecule has 3 rings (SSSR count). The number of nitrogens with zero attached hydrogens (tertiary/aromatic N) is 3. The molecule has 1 aromatic carbocycles. The van der Waals surface area contributed by atoms with Crippen molar-refractivity contribution in [1.29, 1.82) is 0 Å². The van der Waals surface area contributed by atoms with E-state index in [0.717, 1.165) is 18.2 Å². The van der Waals surface area contributed by atoms with Crippen LogP contribution in [0, 0.1) is 5.82 Å². The Morgan fingerprint density at radius 3 is 2.89 bits per heavy atom. The molecule has 2 aromatic rings. The van der Waals surface area contributed by atoms with E-state index in [2.05, 4.69) is 15.3 Å². The highest BCUT2D eigenvalue weighted by atomic mass is 35.5. The third-order valence-electron chi connectivity index (χ3n) is 4.01. The molecule has 0 aliphatic carbocycles. The Labute approximate surface area is 179 Å². The van der Waals surface area contributed by atoms with E-state index in [1.807, 2.05) is 0 Å². The van der Waals surface area contributed by atoms with E-state index in [-0.39, 0.29) is 17.0 Å². The molecule has 2 heterocycles. The smallest absolute Gasteiger partial charge is 0.253 e. The highest BCUT2D eigenvalue weighted by molar-refractivity contribution is 6.31. The van der Waals surface area contributed by atoms with Crippen LogP contribution in [-0.4, -0.2) is 46.0 Å². The van der Waals surface area contributed by atoms with Crippen molar-refractivity contribution in [2.45, 2.75) is 38.3 Å². The number of piperidine rings is 1. The van der Waals surface area contributed by atoms with Gasteiger partial charge in [-0.3, -0.25) is 4.79 Å². The topological polar surface area (TPSA) is 58.1 Å². The molecule has 0 radical (unpaired) electrons. The Bertz CT molecular complexity index is 1150. The molecule has 1 unspecified atom stereocenters. The third kappa shape index (κ3) is 5.02. The van der Waals surface area contributed by atoms with Gasteiger partial charge in [-0.1, -0.05) is 18.5 Å². The number of halogens is 3. The van der Waals surface area contributed by atoms with E-state index < -0.39 is 67.7 Å². The highest BCUT2D eigenvalue weighted by Crippen LogP contribution is 2.27. The fourth-order valence-corrected chi connectivity index (χ4v) is 2.59. The van der Waals surface area contributed by atoms with Crippen molar-refractivity contribution < 1.29 is 24.5 Å². The first-order valence-electron chi connectivity index (χ1n) is 12.4. The van der Waals surface area contributed by atoms with Crippen molar-refractivity contribution in [2.24, 2.45) is 0 Å². The van der Waals surface area contributed by atoms with Gasteiger partial charge < -0.3 is 10.2 Å². The molecule has 28 heavy (non-hydrogen) atoms. The van der Waals surface area contributed by atoms with E-state index in [1.165, 1.54) is 19.3 Å². The molecule has 1 aliphatic rings. The van der Waals surface area contributed by atoms with Gasteiger partial charge in [-0.05, 0) is 30.1 Å². The average Bonchev–Trinajstić information content (AvgIpc) is 2.77. The van der Waals surface area contributed by atoms with Gasteiger partial charge in [0.2, 0.25) is 0 Å². The molecule has 0 bridgehead atoms. The van der Waals surface area contributed by atoms with Gasteiger partial charge in [-0.2, -0.15) is 0 Å². The zero-order valence-electron chi connectivity index (χ0n) is 22.9. The largest absolute Gasteiger partial charge is 0.338 e. The van der Waals surface area contributed by atoms with Crippen molar-refractivity contribution in [1.82, 2.24) is 20.2 Å². The number of hydrogen-bond acceptors (Lipinski definition) is 4. The lowest BCUT2D eigenvalue weighted by molar-refractivity contribution is 0.0434. The Morgan fingerprint density at radius 2 is 2.21 bits per heavy atom. The van der Waals surface area contributed by atoms with Crippen LogP contribution < -0.4 is 5.32 Å². The number of benzene rings is 1. The normalized spacial score (nSPS) is 28.5. The summed E-state index contributed by atoms with van der Waals surface area (Å²) in [4.78, 5) is 21.1. The predicted octanol–water partition coefficient (Wildman–Crippen LogP) is 3.57. The Kier molecular flexibility index (Phi) is 3.96. The van der Waals surface area contributed by atoms with Gasteiger partial charge in [0.1, 0.15) is 17.3 Å². The number of likely N-dealkylation sites (tertiary alicyclic amines) is 1. The molecule has 1 N–H and O–H groups in total. The molecule has 150 valence electrons. The SMILES string of the molecule is [2H]C([2H])(C)c1cnc(CNC([2H])([2H])C2(F)CCN(C(=O)c3ccc(F)c(Cl)c3)C([2H])([2H])C2([2H])[2H])nc1. The van der Waals surface area contributed by atoms with Gasteiger partial charge in [-0.25, -0.2) is 18.7 Å². The average molecular weight is 417 g/mol. The molecule has 8 heteroatoms. The number of amides is 1. The number of rotatable bonds is 6. The highest BCUT2D eigenvalue weighted by Gasteiger charge is 2.36. The second kappa shape index (κ2) is 8.92. The molecule has 1 atom stereocenters. The van der Waals surface area contributed by atoms with E-state index in [9.17, 15) is 9.18 Å². The van der Waals surface area contributed by atoms with Crippen LogP contribution in [0.3, 0.4) is 0 Å². The first-order valence-corrected chi connectivity index (χ1v) is 8.75. The number of carbonyl (C=O) groups is 1. The summed E-state index contributed by atoms with van der Waals surface area (Å²) in [6.45, 7) is -6.30. The van der Waals surface area contributed by atoms with Gasteiger partial charge in [0.15, 0.2) is 0 Å². The lowest BCUT2D eigenvalue weighted by atomic mass is 9.92. The molecular weight excluding hydrogens is 386 g/mol. The molecule has 1 fully saturated rings. The van der Waals surface area contributed by atoms with Gasteiger partial charge in [0.25, 0.3) is 5.91 Å². The fraction of sp³-hybridized carbons (Fsp3) is 0.450. The van der Waals surface area contributed by atoms with E-state index in [4.69, 9.17) is 22.6 Å². The van der Waals surface area contributed by atoms with Gasteiger partial charge >= 0.3 is 0 Å². The van der Waals surface area contributed by atoms with E-state index in [0.29, 0.717) is 4.90 Å². The van der Waals surface area contributed by atoms with Crippen LogP contribution in [0.5, 0.6) is 0 Å². The standard InChI is InChI=1S/C20H23ClF2N4O/c1-2-14-10-25-18(26-11-14)12-24-13-20(23)5-7-27(8-6-20)19(28)15-3-4-17(22)16(21)9-15/h3-4,9-11,24H,2,5-8,12-13H2,1H3/i2D2,5D2,7D2,13D2. The molecule has 1 saturated heterocycles. The summed E-state index contributed by atoms with van der Waals surface area (Å²) in [7, 11) is 0. The van der Waals surface area contributed by atoms with Crippen molar-refractivity contribution >= 4 is 17.5 Å². The maximum absolute atomic E-state index is 16.2. The molecule has 5 nitrogen and oxygen atoms in total. The van der Waals surface area contributed by atoms with E-state index in [1.54, 1.807) is 0 Å². The van der Waals surface area contributed by atoms with Gasteiger partial charge in [0.05, 0.1) is 11.6 Å². The zero-order valence-corrected chi connectivity index (χ0v) is 15.6.